The number of H-pyrrole nitrogens is 1. The summed E-state index contributed by atoms with van der Waals surface area (Å²) in [4.78, 5) is 14.8. The fraction of sp³-hybridized carbons (Fsp3) is 0.154. The normalized spacial score (nSPS) is 10.2. The van der Waals surface area contributed by atoms with Crippen molar-refractivity contribution in [1.29, 1.82) is 0 Å². The van der Waals surface area contributed by atoms with Crippen molar-refractivity contribution >= 4 is 17.5 Å². The summed E-state index contributed by atoms with van der Waals surface area (Å²) in [5.74, 6) is -0.133. The zero-order valence-corrected chi connectivity index (χ0v) is 10.00. The minimum Gasteiger partial charge on any atom is -0.367 e. The maximum Gasteiger partial charge on any atom is 0.252 e. The van der Waals surface area contributed by atoms with E-state index in [1.54, 1.807) is 24.3 Å². The largest absolute Gasteiger partial charge is 0.367 e. The molecule has 88 valence electrons. The second kappa shape index (κ2) is 5.55. The summed E-state index contributed by atoms with van der Waals surface area (Å²) in [6.07, 6.45) is 4.59. The molecule has 2 N–H and O–H groups in total. The van der Waals surface area contributed by atoms with Crippen LogP contribution in [0.4, 0.5) is 0 Å². The summed E-state index contributed by atoms with van der Waals surface area (Å²) in [5.41, 5.74) is 1.69. The molecular formula is C13H13ClN2O. The van der Waals surface area contributed by atoms with Crippen LogP contribution in [0.5, 0.6) is 0 Å². The highest BCUT2D eigenvalue weighted by Gasteiger charge is 2.08. The topological polar surface area (TPSA) is 44.9 Å². The molecule has 0 bridgehead atoms. The quantitative estimate of drug-likeness (QED) is 0.859. The Morgan fingerprint density at radius 2 is 2.12 bits per heavy atom. The maximum atomic E-state index is 11.8. The molecule has 1 aromatic heterocycles. The first-order valence-electron chi connectivity index (χ1n) is 5.42. The number of benzene rings is 1. The molecule has 0 aliphatic rings. The van der Waals surface area contributed by atoms with Crippen molar-refractivity contribution in [2.75, 3.05) is 6.54 Å². The summed E-state index contributed by atoms with van der Waals surface area (Å²) in [6, 6.07) is 9.02. The van der Waals surface area contributed by atoms with Gasteiger partial charge in [-0.1, -0.05) is 23.7 Å². The number of rotatable bonds is 4. The van der Waals surface area contributed by atoms with Gasteiger partial charge in [0.2, 0.25) is 0 Å². The minimum atomic E-state index is -0.133. The lowest BCUT2D eigenvalue weighted by Gasteiger charge is -2.05. The van der Waals surface area contributed by atoms with Crippen LogP contribution < -0.4 is 5.32 Å². The Balaban J connectivity index is 1.88. The number of halogens is 1. The molecule has 0 fully saturated rings. The number of hydrogen-bond donors (Lipinski definition) is 2. The number of nitrogens with one attached hydrogen (secondary N) is 2. The average molecular weight is 249 g/mol. The highest BCUT2D eigenvalue weighted by molar-refractivity contribution is 6.33. The van der Waals surface area contributed by atoms with E-state index in [0.29, 0.717) is 17.1 Å². The summed E-state index contributed by atoms with van der Waals surface area (Å²) >= 11 is 5.93. The number of hydrogen-bond acceptors (Lipinski definition) is 1. The molecule has 0 aliphatic carbocycles. The predicted molar refractivity (Wildman–Crippen MR) is 68.3 cm³/mol. The van der Waals surface area contributed by atoms with Gasteiger partial charge < -0.3 is 10.3 Å². The molecule has 3 nitrogen and oxygen atoms in total. The zero-order chi connectivity index (χ0) is 12.1. The van der Waals surface area contributed by atoms with Crippen LogP contribution in [0.1, 0.15) is 15.9 Å². The molecule has 0 spiro atoms. The molecule has 0 saturated heterocycles. The van der Waals surface area contributed by atoms with Gasteiger partial charge in [0.15, 0.2) is 0 Å². The lowest BCUT2D eigenvalue weighted by atomic mass is 10.2. The summed E-state index contributed by atoms with van der Waals surface area (Å²) in [6.45, 7) is 0.599. The van der Waals surface area contributed by atoms with E-state index in [0.717, 1.165) is 6.42 Å². The molecule has 1 amide bonds. The van der Waals surface area contributed by atoms with Crippen molar-refractivity contribution in [1.82, 2.24) is 10.3 Å². The van der Waals surface area contributed by atoms with E-state index in [-0.39, 0.29) is 5.91 Å². The van der Waals surface area contributed by atoms with Crippen LogP contribution in [-0.4, -0.2) is 17.4 Å². The van der Waals surface area contributed by atoms with Gasteiger partial charge in [0.05, 0.1) is 10.6 Å². The highest BCUT2D eigenvalue weighted by Crippen LogP contribution is 2.14. The third-order valence-electron chi connectivity index (χ3n) is 2.48. The third kappa shape index (κ3) is 3.11. The van der Waals surface area contributed by atoms with Crippen molar-refractivity contribution in [2.24, 2.45) is 0 Å². The van der Waals surface area contributed by atoms with E-state index in [2.05, 4.69) is 10.3 Å². The number of aromatic nitrogens is 1. The van der Waals surface area contributed by atoms with Gasteiger partial charge in [-0.3, -0.25) is 4.79 Å². The molecular weight excluding hydrogens is 236 g/mol. The van der Waals surface area contributed by atoms with Gasteiger partial charge >= 0.3 is 0 Å². The molecule has 0 radical (unpaired) electrons. The SMILES string of the molecule is O=C(NCCc1cc[nH]c1)c1ccccc1Cl. The van der Waals surface area contributed by atoms with Gasteiger partial charge in [0.25, 0.3) is 5.91 Å². The van der Waals surface area contributed by atoms with Crippen LogP contribution >= 0.6 is 11.6 Å². The van der Waals surface area contributed by atoms with Gasteiger partial charge in [-0.2, -0.15) is 0 Å². The fourth-order valence-electron chi connectivity index (χ4n) is 1.57. The summed E-state index contributed by atoms with van der Waals surface area (Å²) in [7, 11) is 0. The molecule has 17 heavy (non-hydrogen) atoms. The van der Waals surface area contributed by atoms with Crippen LogP contribution in [-0.2, 0) is 6.42 Å². The molecule has 0 unspecified atom stereocenters. The van der Waals surface area contributed by atoms with Gasteiger partial charge in [0.1, 0.15) is 0 Å². The Morgan fingerprint density at radius 1 is 1.29 bits per heavy atom. The van der Waals surface area contributed by atoms with Crippen molar-refractivity contribution in [3.05, 3.63) is 58.9 Å². The second-order valence-electron chi connectivity index (χ2n) is 3.70. The van der Waals surface area contributed by atoms with E-state index >= 15 is 0 Å². The molecule has 2 rings (SSSR count). The monoisotopic (exact) mass is 248 g/mol. The third-order valence-corrected chi connectivity index (χ3v) is 2.81. The van der Waals surface area contributed by atoms with Crippen molar-refractivity contribution in [3.8, 4) is 0 Å². The molecule has 1 aromatic carbocycles. The Labute approximate surface area is 105 Å². The van der Waals surface area contributed by atoms with Gasteiger partial charge in [0, 0.05) is 18.9 Å². The van der Waals surface area contributed by atoms with Gasteiger partial charge in [-0.15, -0.1) is 0 Å². The maximum absolute atomic E-state index is 11.8. The number of amides is 1. The predicted octanol–water partition coefficient (Wildman–Crippen LogP) is 2.64. The Bertz CT molecular complexity index is 494. The molecule has 2 aromatic rings. The van der Waals surface area contributed by atoms with Crippen LogP contribution in [0, 0.1) is 0 Å². The average Bonchev–Trinajstić information content (AvgIpc) is 2.82. The van der Waals surface area contributed by atoms with Crippen molar-refractivity contribution < 1.29 is 4.79 Å². The lowest BCUT2D eigenvalue weighted by molar-refractivity contribution is 0.0954. The number of aromatic amines is 1. The van der Waals surface area contributed by atoms with Crippen LogP contribution in [0.2, 0.25) is 5.02 Å². The minimum absolute atomic E-state index is 0.133. The second-order valence-corrected chi connectivity index (χ2v) is 4.11. The van der Waals surface area contributed by atoms with E-state index in [1.807, 2.05) is 18.5 Å². The first kappa shape index (κ1) is 11.7. The smallest absolute Gasteiger partial charge is 0.252 e. The van der Waals surface area contributed by atoms with Crippen LogP contribution in [0.3, 0.4) is 0 Å². The van der Waals surface area contributed by atoms with Gasteiger partial charge in [-0.25, -0.2) is 0 Å². The number of carbonyl (C=O) groups is 1. The molecule has 0 saturated carbocycles. The standard InChI is InChI=1S/C13H13ClN2O/c14-12-4-2-1-3-11(12)13(17)16-8-6-10-5-7-15-9-10/h1-5,7,9,15H,6,8H2,(H,16,17). The van der Waals surface area contributed by atoms with E-state index in [9.17, 15) is 4.79 Å². The Morgan fingerprint density at radius 3 is 2.82 bits per heavy atom. The number of carbonyl (C=O) groups excluding carboxylic acids is 1. The molecule has 0 atom stereocenters. The Kier molecular flexibility index (Phi) is 3.83. The molecule has 0 aliphatic heterocycles. The van der Waals surface area contributed by atoms with Crippen LogP contribution in [0.25, 0.3) is 0 Å². The summed E-state index contributed by atoms with van der Waals surface area (Å²) < 4.78 is 0. The first-order valence-corrected chi connectivity index (χ1v) is 5.79. The van der Waals surface area contributed by atoms with E-state index in [4.69, 9.17) is 11.6 Å². The van der Waals surface area contributed by atoms with Crippen LogP contribution in [0.15, 0.2) is 42.7 Å². The van der Waals surface area contributed by atoms with Gasteiger partial charge in [-0.05, 0) is 30.2 Å². The Hall–Kier alpha value is -1.74. The molecule has 4 heteroatoms. The van der Waals surface area contributed by atoms with Crippen molar-refractivity contribution in [3.63, 3.8) is 0 Å². The lowest BCUT2D eigenvalue weighted by Crippen LogP contribution is -2.25. The zero-order valence-electron chi connectivity index (χ0n) is 9.24. The fourth-order valence-corrected chi connectivity index (χ4v) is 1.80. The van der Waals surface area contributed by atoms with E-state index < -0.39 is 0 Å². The highest BCUT2D eigenvalue weighted by atomic mass is 35.5. The van der Waals surface area contributed by atoms with E-state index in [1.165, 1.54) is 5.56 Å². The summed E-state index contributed by atoms with van der Waals surface area (Å²) in [5, 5.41) is 3.32. The first-order chi connectivity index (χ1) is 8.27. The van der Waals surface area contributed by atoms with Crippen molar-refractivity contribution in [2.45, 2.75) is 6.42 Å². The molecule has 1 heterocycles.